The van der Waals surface area contributed by atoms with Crippen LogP contribution < -0.4 is 5.56 Å². The van der Waals surface area contributed by atoms with Crippen LogP contribution in [0.5, 0.6) is 0 Å². The lowest BCUT2D eigenvalue weighted by Gasteiger charge is -2.24. The van der Waals surface area contributed by atoms with Crippen LogP contribution in [0.2, 0.25) is 0 Å². The standard InChI is InChI=1S/C8H5F4NO3/c9-7(10,6(15)16)8(11,12)13-4-2-1-3-5(13)14/h1-4H,(H,15,16). The van der Waals surface area contributed by atoms with Crippen molar-refractivity contribution in [2.45, 2.75) is 12.0 Å². The molecule has 0 atom stereocenters. The van der Waals surface area contributed by atoms with Crippen LogP contribution in [-0.2, 0) is 10.8 Å². The van der Waals surface area contributed by atoms with Crippen LogP contribution in [-0.4, -0.2) is 21.6 Å². The highest BCUT2D eigenvalue weighted by molar-refractivity contribution is 5.76. The van der Waals surface area contributed by atoms with Crippen LogP contribution >= 0.6 is 0 Å². The first-order valence-corrected chi connectivity index (χ1v) is 3.88. The summed E-state index contributed by atoms with van der Waals surface area (Å²) in [5, 5.41) is 7.98. The third-order valence-electron chi connectivity index (χ3n) is 1.77. The lowest BCUT2D eigenvalue weighted by Crippen LogP contribution is -2.51. The number of halogens is 4. The van der Waals surface area contributed by atoms with Gasteiger partial charge in [-0.15, -0.1) is 0 Å². The van der Waals surface area contributed by atoms with Crippen LogP contribution in [0.3, 0.4) is 0 Å². The Labute approximate surface area is 85.7 Å². The van der Waals surface area contributed by atoms with Gasteiger partial charge < -0.3 is 5.11 Å². The number of alkyl halides is 4. The average molecular weight is 239 g/mol. The van der Waals surface area contributed by atoms with Crippen molar-refractivity contribution in [1.82, 2.24) is 4.57 Å². The third kappa shape index (κ3) is 1.66. The molecule has 0 aliphatic rings. The Bertz CT molecular complexity index is 468. The Kier molecular flexibility index (Phi) is 2.76. The molecule has 1 N–H and O–H groups in total. The second kappa shape index (κ2) is 3.62. The molecule has 0 aliphatic heterocycles. The number of nitrogens with zero attached hydrogens (tertiary/aromatic N) is 1. The molecular weight excluding hydrogens is 234 g/mol. The summed E-state index contributed by atoms with van der Waals surface area (Å²) in [5.41, 5.74) is -1.42. The van der Waals surface area contributed by atoms with Crippen LogP contribution in [0.1, 0.15) is 0 Å². The molecule has 1 heterocycles. The first-order chi connectivity index (χ1) is 7.21. The van der Waals surface area contributed by atoms with Crippen LogP contribution in [0.15, 0.2) is 29.2 Å². The highest BCUT2D eigenvalue weighted by Gasteiger charge is 2.64. The second-order valence-corrected chi connectivity index (χ2v) is 2.83. The number of carboxylic acid groups (broad SMARTS) is 1. The van der Waals surface area contributed by atoms with E-state index in [0.717, 1.165) is 12.1 Å². The average Bonchev–Trinajstić information content (AvgIpc) is 2.17. The number of aliphatic carboxylic acids is 1. The Hall–Kier alpha value is -1.86. The highest BCUT2D eigenvalue weighted by atomic mass is 19.3. The van der Waals surface area contributed by atoms with E-state index in [1.807, 2.05) is 0 Å². The fourth-order valence-electron chi connectivity index (χ4n) is 0.939. The number of pyridine rings is 1. The zero-order chi connectivity index (χ0) is 12.6. The molecule has 1 aromatic rings. The zero-order valence-electron chi connectivity index (χ0n) is 7.53. The maximum Gasteiger partial charge on any atom is 0.424 e. The van der Waals surface area contributed by atoms with Gasteiger partial charge in [-0.3, -0.25) is 4.79 Å². The predicted molar refractivity (Wildman–Crippen MR) is 43.5 cm³/mol. The van der Waals surface area contributed by atoms with Crippen molar-refractivity contribution in [1.29, 1.82) is 0 Å². The molecule has 0 fully saturated rings. The summed E-state index contributed by atoms with van der Waals surface area (Å²) in [4.78, 5) is 20.9. The smallest absolute Gasteiger partial charge is 0.424 e. The number of carboxylic acids is 1. The van der Waals surface area contributed by atoms with E-state index in [2.05, 4.69) is 0 Å². The van der Waals surface area contributed by atoms with Gasteiger partial charge in [0, 0.05) is 12.3 Å². The lowest BCUT2D eigenvalue weighted by atomic mass is 10.2. The molecule has 0 amide bonds. The van der Waals surface area contributed by atoms with Gasteiger partial charge in [-0.1, -0.05) is 6.07 Å². The van der Waals surface area contributed by atoms with Crippen molar-refractivity contribution >= 4 is 5.97 Å². The quantitative estimate of drug-likeness (QED) is 0.804. The topological polar surface area (TPSA) is 59.3 Å². The van der Waals surface area contributed by atoms with Gasteiger partial charge in [-0.25, -0.2) is 9.36 Å². The minimum absolute atomic E-state index is 0.388. The molecular formula is C8H5F4NO3. The monoisotopic (exact) mass is 239 g/mol. The van der Waals surface area contributed by atoms with Gasteiger partial charge in [-0.2, -0.15) is 17.6 Å². The summed E-state index contributed by atoms with van der Waals surface area (Å²) in [5.74, 6) is -8.37. The van der Waals surface area contributed by atoms with E-state index < -0.39 is 28.1 Å². The molecule has 0 unspecified atom stereocenters. The van der Waals surface area contributed by atoms with Gasteiger partial charge in [0.25, 0.3) is 5.56 Å². The maximum atomic E-state index is 13.1. The minimum Gasteiger partial charge on any atom is -0.477 e. The largest absolute Gasteiger partial charge is 0.477 e. The van der Waals surface area contributed by atoms with E-state index in [4.69, 9.17) is 5.11 Å². The summed E-state index contributed by atoms with van der Waals surface area (Å²) in [6.07, 6.45) is 0.388. The molecule has 4 nitrogen and oxygen atoms in total. The number of carbonyl (C=O) groups is 1. The van der Waals surface area contributed by atoms with E-state index >= 15 is 0 Å². The van der Waals surface area contributed by atoms with Gasteiger partial charge in [0.05, 0.1) is 0 Å². The van der Waals surface area contributed by atoms with Crippen molar-refractivity contribution < 1.29 is 27.5 Å². The van der Waals surface area contributed by atoms with Crippen molar-refractivity contribution in [2.24, 2.45) is 0 Å². The van der Waals surface area contributed by atoms with Crippen LogP contribution in [0, 0.1) is 0 Å². The lowest BCUT2D eigenvalue weighted by molar-refractivity contribution is -0.261. The molecule has 0 saturated carbocycles. The summed E-state index contributed by atoms with van der Waals surface area (Å²) >= 11 is 0. The molecule has 0 aliphatic carbocycles. The Morgan fingerprint density at radius 3 is 2.25 bits per heavy atom. The van der Waals surface area contributed by atoms with Gasteiger partial charge >= 0.3 is 17.9 Å². The second-order valence-electron chi connectivity index (χ2n) is 2.83. The van der Waals surface area contributed by atoms with E-state index in [1.54, 1.807) is 0 Å². The molecule has 0 saturated heterocycles. The Morgan fingerprint density at radius 2 is 1.81 bits per heavy atom. The molecule has 1 aromatic heterocycles. The SMILES string of the molecule is O=C(O)C(F)(F)C(F)(F)n1ccccc1=O. The predicted octanol–water partition coefficient (Wildman–Crippen LogP) is 1.12. The summed E-state index contributed by atoms with van der Waals surface area (Å²) < 4.78 is 50.9. The van der Waals surface area contributed by atoms with Gasteiger partial charge in [0.2, 0.25) is 0 Å². The minimum atomic E-state index is -5.36. The van der Waals surface area contributed by atoms with Gasteiger partial charge in [0.1, 0.15) is 0 Å². The van der Waals surface area contributed by atoms with Crippen molar-refractivity contribution in [2.75, 3.05) is 0 Å². The van der Waals surface area contributed by atoms with Crippen LogP contribution in [0.4, 0.5) is 17.6 Å². The molecule has 0 bridgehead atoms. The van der Waals surface area contributed by atoms with Gasteiger partial charge in [0.15, 0.2) is 0 Å². The Balaban J connectivity index is 3.38. The normalized spacial score (nSPS) is 12.5. The van der Waals surface area contributed by atoms with E-state index in [1.165, 1.54) is 0 Å². The van der Waals surface area contributed by atoms with Crippen molar-refractivity contribution in [3.8, 4) is 0 Å². The molecule has 0 radical (unpaired) electrons. The van der Waals surface area contributed by atoms with Crippen molar-refractivity contribution in [3.05, 3.63) is 34.7 Å². The molecule has 1 rings (SSSR count). The molecule has 16 heavy (non-hydrogen) atoms. The fourth-order valence-corrected chi connectivity index (χ4v) is 0.939. The van der Waals surface area contributed by atoms with Crippen LogP contribution in [0.25, 0.3) is 0 Å². The Morgan fingerprint density at radius 1 is 1.25 bits per heavy atom. The molecule has 8 heteroatoms. The number of hydrogen-bond donors (Lipinski definition) is 1. The highest BCUT2D eigenvalue weighted by Crippen LogP contribution is 2.37. The summed E-state index contributed by atoms with van der Waals surface area (Å²) in [6, 6.07) is -2.54. The number of rotatable bonds is 3. The first-order valence-electron chi connectivity index (χ1n) is 3.88. The summed E-state index contributed by atoms with van der Waals surface area (Å²) in [7, 11) is 0. The number of hydrogen-bond acceptors (Lipinski definition) is 2. The maximum absolute atomic E-state index is 13.1. The third-order valence-corrected chi connectivity index (χ3v) is 1.77. The fraction of sp³-hybridized carbons (Fsp3) is 0.250. The first kappa shape index (κ1) is 12.2. The van der Waals surface area contributed by atoms with Gasteiger partial charge in [-0.05, 0) is 6.07 Å². The molecule has 88 valence electrons. The zero-order valence-corrected chi connectivity index (χ0v) is 7.53. The summed E-state index contributed by atoms with van der Waals surface area (Å²) in [6.45, 7) is 0. The number of aromatic nitrogens is 1. The van der Waals surface area contributed by atoms with E-state index in [0.29, 0.717) is 12.3 Å². The molecule has 0 spiro atoms. The van der Waals surface area contributed by atoms with E-state index in [-0.39, 0.29) is 0 Å². The van der Waals surface area contributed by atoms with Crippen molar-refractivity contribution in [3.63, 3.8) is 0 Å². The molecule has 0 aromatic carbocycles. The van der Waals surface area contributed by atoms with E-state index in [9.17, 15) is 27.2 Å².